The first-order chi connectivity index (χ1) is 19.6. The lowest BCUT2D eigenvalue weighted by Crippen LogP contribution is -2.40. The Morgan fingerprint density at radius 2 is 1.76 bits per heavy atom. The van der Waals surface area contributed by atoms with Gasteiger partial charge in [0.2, 0.25) is 5.91 Å². The highest BCUT2D eigenvalue weighted by Gasteiger charge is 2.27. The molecule has 0 fully saturated rings. The highest BCUT2D eigenvalue weighted by atomic mass is 79.9. The van der Waals surface area contributed by atoms with Gasteiger partial charge in [0.1, 0.15) is 11.6 Å². The first-order valence-electron chi connectivity index (χ1n) is 12.5. The van der Waals surface area contributed by atoms with E-state index in [1.165, 1.54) is 16.7 Å². The fourth-order valence-electron chi connectivity index (χ4n) is 4.57. The van der Waals surface area contributed by atoms with E-state index >= 15 is 0 Å². The van der Waals surface area contributed by atoms with Gasteiger partial charge in [-0.15, -0.1) is 0 Å². The number of carbonyl (C=O) groups excluding carboxylic acids is 3. The summed E-state index contributed by atoms with van der Waals surface area (Å²) in [6.45, 7) is 1.53. The van der Waals surface area contributed by atoms with Gasteiger partial charge in [-0.3, -0.25) is 19.2 Å². The molecule has 41 heavy (non-hydrogen) atoms. The number of anilines is 2. The standard InChI is InChI=1S/C30H23BrF2N4O4/c1-16-22(31)14-21(30(41)37(16)15-17-7-9-23(32)24(33)11-17)28(39)36-27(18-5-3-2-4-6-18)29(40)34-20-8-10-25-19(12-20)13-26(38)35-25/h2-12,14,27H,13,15H2,1H3,(H,34,40)(H,35,38)(H,36,39). The zero-order chi connectivity index (χ0) is 29.3. The molecule has 0 bridgehead atoms. The number of amides is 3. The van der Waals surface area contributed by atoms with Crippen molar-refractivity contribution in [3.63, 3.8) is 0 Å². The number of nitrogens with one attached hydrogen (secondary N) is 3. The van der Waals surface area contributed by atoms with Crippen molar-refractivity contribution < 1.29 is 23.2 Å². The van der Waals surface area contributed by atoms with Gasteiger partial charge in [0, 0.05) is 21.5 Å². The van der Waals surface area contributed by atoms with E-state index in [2.05, 4.69) is 31.9 Å². The number of nitrogens with zero attached hydrogens (tertiary/aromatic N) is 1. The largest absolute Gasteiger partial charge is 0.336 e. The molecule has 0 spiro atoms. The van der Waals surface area contributed by atoms with Crippen LogP contribution in [-0.2, 0) is 22.6 Å². The molecule has 5 rings (SSSR count). The van der Waals surface area contributed by atoms with Gasteiger partial charge in [-0.25, -0.2) is 8.78 Å². The maximum Gasteiger partial charge on any atom is 0.263 e. The second-order valence-corrected chi connectivity index (χ2v) is 10.4. The van der Waals surface area contributed by atoms with Crippen molar-refractivity contribution >= 4 is 45.0 Å². The molecule has 2 heterocycles. The van der Waals surface area contributed by atoms with Crippen molar-refractivity contribution in [2.45, 2.75) is 25.9 Å². The zero-order valence-electron chi connectivity index (χ0n) is 21.6. The van der Waals surface area contributed by atoms with Crippen molar-refractivity contribution in [2.24, 2.45) is 0 Å². The Kier molecular flexibility index (Phi) is 7.80. The van der Waals surface area contributed by atoms with Crippen LogP contribution in [0.15, 0.2) is 82.1 Å². The van der Waals surface area contributed by atoms with E-state index < -0.39 is 35.0 Å². The van der Waals surface area contributed by atoms with Gasteiger partial charge in [0.05, 0.1) is 13.0 Å². The molecule has 3 aromatic carbocycles. The Morgan fingerprint density at radius 3 is 2.49 bits per heavy atom. The molecular weight excluding hydrogens is 598 g/mol. The molecule has 1 unspecified atom stereocenters. The molecule has 0 saturated heterocycles. The normalized spacial score (nSPS) is 12.8. The lowest BCUT2D eigenvalue weighted by molar-refractivity contribution is -0.118. The van der Waals surface area contributed by atoms with Crippen molar-refractivity contribution in [2.75, 3.05) is 10.6 Å². The fourth-order valence-corrected chi connectivity index (χ4v) is 5.01. The second-order valence-electron chi connectivity index (χ2n) is 9.53. The van der Waals surface area contributed by atoms with Crippen molar-refractivity contribution in [3.05, 3.63) is 127 Å². The first-order valence-corrected chi connectivity index (χ1v) is 13.3. The molecule has 0 radical (unpaired) electrons. The molecule has 11 heteroatoms. The second kappa shape index (κ2) is 11.5. The van der Waals surface area contributed by atoms with Gasteiger partial charge in [0.25, 0.3) is 17.4 Å². The number of benzene rings is 3. The summed E-state index contributed by atoms with van der Waals surface area (Å²) in [5.41, 5.74) is 2.20. The number of pyridine rings is 1. The Balaban J connectivity index is 1.44. The van der Waals surface area contributed by atoms with E-state index in [9.17, 15) is 28.0 Å². The maximum atomic E-state index is 13.8. The summed E-state index contributed by atoms with van der Waals surface area (Å²) in [7, 11) is 0. The molecule has 1 aromatic heterocycles. The molecule has 8 nitrogen and oxygen atoms in total. The lowest BCUT2D eigenvalue weighted by Gasteiger charge is -2.20. The Bertz CT molecular complexity index is 1760. The molecule has 4 aromatic rings. The minimum atomic E-state index is -1.17. The number of halogens is 3. The summed E-state index contributed by atoms with van der Waals surface area (Å²) >= 11 is 3.37. The SMILES string of the molecule is Cc1c(Br)cc(C(=O)NC(C(=O)Nc2ccc3c(c2)CC(=O)N3)c2ccccc2)c(=O)n1Cc1ccc(F)c(F)c1. The first kappa shape index (κ1) is 27.9. The molecule has 1 aliphatic heterocycles. The van der Waals surface area contributed by atoms with E-state index in [4.69, 9.17) is 0 Å². The summed E-state index contributed by atoms with van der Waals surface area (Å²) in [6.07, 6.45) is 0.192. The van der Waals surface area contributed by atoms with Crippen LogP contribution in [0, 0.1) is 18.6 Å². The van der Waals surface area contributed by atoms with Gasteiger partial charge < -0.3 is 20.5 Å². The van der Waals surface area contributed by atoms with Crippen LogP contribution in [0.2, 0.25) is 0 Å². The third kappa shape index (κ3) is 5.94. The summed E-state index contributed by atoms with van der Waals surface area (Å²) in [6, 6.07) is 17.0. The van der Waals surface area contributed by atoms with Gasteiger partial charge in [-0.1, -0.05) is 36.4 Å². The Hall–Kier alpha value is -4.64. The number of fused-ring (bicyclic) bond motifs is 1. The topological polar surface area (TPSA) is 109 Å². The minimum Gasteiger partial charge on any atom is -0.336 e. The average molecular weight is 621 g/mol. The van der Waals surface area contributed by atoms with Gasteiger partial charge in [0.15, 0.2) is 11.6 Å². The highest BCUT2D eigenvalue weighted by molar-refractivity contribution is 9.10. The van der Waals surface area contributed by atoms with Crippen LogP contribution in [0.4, 0.5) is 20.2 Å². The van der Waals surface area contributed by atoms with Crippen LogP contribution < -0.4 is 21.5 Å². The maximum absolute atomic E-state index is 13.8. The third-order valence-corrected chi connectivity index (χ3v) is 7.54. The molecule has 3 amide bonds. The summed E-state index contributed by atoms with van der Waals surface area (Å²) < 4.78 is 28.9. The monoisotopic (exact) mass is 620 g/mol. The van der Waals surface area contributed by atoms with Crippen LogP contribution in [0.5, 0.6) is 0 Å². The van der Waals surface area contributed by atoms with Crippen LogP contribution in [0.25, 0.3) is 0 Å². The molecule has 1 aliphatic rings. The molecule has 208 valence electrons. The fraction of sp³-hybridized carbons (Fsp3) is 0.133. The number of aromatic nitrogens is 1. The van der Waals surface area contributed by atoms with Gasteiger partial charge in [-0.05, 0) is 75.9 Å². The third-order valence-electron chi connectivity index (χ3n) is 6.73. The summed E-state index contributed by atoms with van der Waals surface area (Å²) in [5.74, 6) is -3.57. The minimum absolute atomic E-state index is 0.111. The highest BCUT2D eigenvalue weighted by Crippen LogP contribution is 2.27. The molecule has 0 aliphatic carbocycles. The van der Waals surface area contributed by atoms with Gasteiger partial charge >= 0.3 is 0 Å². The van der Waals surface area contributed by atoms with Crippen molar-refractivity contribution in [1.29, 1.82) is 0 Å². The van der Waals surface area contributed by atoms with E-state index in [1.54, 1.807) is 55.5 Å². The zero-order valence-corrected chi connectivity index (χ0v) is 23.2. The Morgan fingerprint density at radius 1 is 1.00 bits per heavy atom. The van der Waals surface area contributed by atoms with Crippen molar-refractivity contribution in [1.82, 2.24) is 9.88 Å². The van der Waals surface area contributed by atoms with E-state index in [-0.39, 0.29) is 24.4 Å². The number of hydrogen-bond acceptors (Lipinski definition) is 4. The van der Waals surface area contributed by atoms with Crippen LogP contribution in [0.1, 0.15) is 38.8 Å². The van der Waals surface area contributed by atoms with E-state index in [0.717, 1.165) is 17.7 Å². The molecular formula is C30H23BrF2N4O4. The average Bonchev–Trinajstić information content (AvgIpc) is 3.33. The van der Waals surface area contributed by atoms with E-state index in [1.807, 2.05) is 0 Å². The predicted molar refractivity (Wildman–Crippen MR) is 153 cm³/mol. The summed E-state index contributed by atoms with van der Waals surface area (Å²) in [4.78, 5) is 52.1. The number of carbonyl (C=O) groups is 3. The summed E-state index contributed by atoms with van der Waals surface area (Å²) in [5, 5.41) is 8.17. The van der Waals surface area contributed by atoms with Gasteiger partial charge in [-0.2, -0.15) is 0 Å². The molecule has 3 N–H and O–H groups in total. The van der Waals surface area contributed by atoms with Crippen LogP contribution >= 0.6 is 15.9 Å². The van der Waals surface area contributed by atoms with Crippen LogP contribution in [0.3, 0.4) is 0 Å². The Labute approximate surface area is 241 Å². The lowest BCUT2D eigenvalue weighted by atomic mass is 10.0. The quantitative estimate of drug-likeness (QED) is 0.274. The molecule has 0 saturated carbocycles. The number of rotatable bonds is 7. The smallest absolute Gasteiger partial charge is 0.263 e. The molecule has 1 atom stereocenters. The van der Waals surface area contributed by atoms with E-state index in [0.29, 0.717) is 32.7 Å². The predicted octanol–water partition coefficient (Wildman–Crippen LogP) is 4.85. The number of hydrogen-bond donors (Lipinski definition) is 3. The van der Waals surface area contributed by atoms with Crippen molar-refractivity contribution in [3.8, 4) is 0 Å². The van der Waals surface area contributed by atoms with Crippen LogP contribution in [-0.4, -0.2) is 22.3 Å².